The Kier molecular flexibility index (Phi) is 6.62. The number of H-pyrrole nitrogens is 1. The minimum Gasteiger partial charge on any atom is -0.390 e. The molecule has 1 aliphatic rings. The predicted molar refractivity (Wildman–Crippen MR) is 107 cm³/mol. The highest BCUT2D eigenvalue weighted by molar-refractivity contribution is 5.93. The van der Waals surface area contributed by atoms with Gasteiger partial charge in [-0.05, 0) is 43.2 Å². The lowest BCUT2D eigenvalue weighted by molar-refractivity contribution is -0.138. The minimum atomic E-state index is -4.42. The van der Waals surface area contributed by atoms with Crippen LogP contribution in [0.25, 0.3) is 6.08 Å². The maximum Gasteiger partial charge on any atom is 0.416 e. The maximum atomic E-state index is 13.2. The van der Waals surface area contributed by atoms with Crippen molar-refractivity contribution in [2.45, 2.75) is 39.2 Å². The Morgan fingerprint density at radius 2 is 2.20 bits per heavy atom. The number of nitrogens with one attached hydrogen (secondary N) is 2. The summed E-state index contributed by atoms with van der Waals surface area (Å²) in [7, 11) is 0. The molecule has 1 saturated heterocycles. The SMILES string of the molecule is Cc1c(Cc2[nH]c(/C=C\C(=N)N3CCOC(C)C3)nc2CO)cccc1C(F)(F)F. The van der Waals surface area contributed by atoms with Crippen LogP contribution in [0.1, 0.15) is 40.8 Å². The number of aromatic nitrogens is 2. The van der Waals surface area contributed by atoms with Crippen molar-refractivity contribution < 1.29 is 23.0 Å². The number of benzene rings is 1. The number of nitrogens with zero attached hydrogens (tertiary/aromatic N) is 2. The lowest BCUT2D eigenvalue weighted by Crippen LogP contribution is -2.43. The van der Waals surface area contributed by atoms with Crippen LogP contribution in [0.15, 0.2) is 24.3 Å². The number of hydrogen-bond donors (Lipinski definition) is 3. The molecule has 0 bridgehead atoms. The number of halogens is 3. The normalized spacial score (nSPS) is 17.7. The molecule has 0 radical (unpaired) electrons. The van der Waals surface area contributed by atoms with E-state index < -0.39 is 11.7 Å². The van der Waals surface area contributed by atoms with Crippen LogP contribution in [0, 0.1) is 12.3 Å². The van der Waals surface area contributed by atoms with Gasteiger partial charge in [0, 0.05) is 25.2 Å². The zero-order valence-electron chi connectivity index (χ0n) is 16.9. The third-order valence-corrected chi connectivity index (χ3v) is 5.13. The number of aromatic amines is 1. The first-order chi connectivity index (χ1) is 14.2. The quantitative estimate of drug-likeness (QED) is 0.508. The third-order valence-electron chi connectivity index (χ3n) is 5.13. The van der Waals surface area contributed by atoms with Crippen molar-refractivity contribution in [3.05, 3.63) is 58.2 Å². The summed E-state index contributed by atoms with van der Waals surface area (Å²) < 4.78 is 45.0. The molecule has 30 heavy (non-hydrogen) atoms. The topological polar surface area (TPSA) is 85.2 Å². The number of alkyl halides is 3. The second kappa shape index (κ2) is 9.01. The van der Waals surface area contributed by atoms with Crippen LogP contribution in [0.2, 0.25) is 0 Å². The van der Waals surface area contributed by atoms with Crippen molar-refractivity contribution in [3.8, 4) is 0 Å². The van der Waals surface area contributed by atoms with Crippen LogP contribution in [0.3, 0.4) is 0 Å². The van der Waals surface area contributed by atoms with Gasteiger partial charge in [0.05, 0.1) is 30.6 Å². The predicted octanol–water partition coefficient (Wildman–Crippen LogP) is 3.53. The summed E-state index contributed by atoms with van der Waals surface area (Å²) in [5, 5.41) is 17.8. The molecule has 0 saturated carbocycles. The highest BCUT2D eigenvalue weighted by Crippen LogP contribution is 2.33. The monoisotopic (exact) mass is 422 g/mol. The molecule has 0 spiro atoms. The minimum absolute atomic E-state index is 0.0550. The summed E-state index contributed by atoms with van der Waals surface area (Å²) in [5.74, 6) is 0.757. The van der Waals surface area contributed by atoms with E-state index >= 15 is 0 Å². The number of morpholine rings is 1. The van der Waals surface area contributed by atoms with Gasteiger partial charge in [0.1, 0.15) is 11.7 Å². The first-order valence-corrected chi connectivity index (χ1v) is 9.66. The van der Waals surface area contributed by atoms with Gasteiger partial charge < -0.3 is 19.7 Å². The molecule has 0 amide bonds. The molecule has 1 aromatic heterocycles. The van der Waals surface area contributed by atoms with Gasteiger partial charge in [0.25, 0.3) is 0 Å². The molecule has 2 aromatic rings. The largest absolute Gasteiger partial charge is 0.416 e. The Labute approximate surface area is 172 Å². The van der Waals surface area contributed by atoms with E-state index in [0.717, 1.165) is 6.07 Å². The number of imidazole rings is 1. The average molecular weight is 422 g/mol. The summed E-state index contributed by atoms with van der Waals surface area (Å²) in [6.45, 7) is 4.88. The Bertz CT molecular complexity index is 937. The van der Waals surface area contributed by atoms with Gasteiger partial charge in [-0.3, -0.25) is 5.41 Å². The van der Waals surface area contributed by atoms with E-state index in [1.165, 1.54) is 13.0 Å². The maximum absolute atomic E-state index is 13.2. The first-order valence-electron chi connectivity index (χ1n) is 9.66. The van der Waals surface area contributed by atoms with Crippen molar-refractivity contribution in [2.24, 2.45) is 0 Å². The molecule has 2 heterocycles. The number of ether oxygens (including phenoxy) is 1. The van der Waals surface area contributed by atoms with Crippen molar-refractivity contribution in [1.29, 1.82) is 5.41 Å². The molecular weight excluding hydrogens is 397 g/mol. The van der Waals surface area contributed by atoms with Crippen LogP contribution < -0.4 is 0 Å². The van der Waals surface area contributed by atoms with E-state index in [1.54, 1.807) is 18.2 Å². The fourth-order valence-electron chi connectivity index (χ4n) is 3.50. The van der Waals surface area contributed by atoms with Crippen LogP contribution in [0.5, 0.6) is 0 Å². The molecule has 3 rings (SSSR count). The van der Waals surface area contributed by atoms with Crippen molar-refractivity contribution in [2.75, 3.05) is 19.7 Å². The van der Waals surface area contributed by atoms with Crippen molar-refractivity contribution in [1.82, 2.24) is 14.9 Å². The van der Waals surface area contributed by atoms with Crippen LogP contribution in [-0.4, -0.2) is 51.6 Å². The highest BCUT2D eigenvalue weighted by atomic mass is 19.4. The van der Waals surface area contributed by atoms with Crippen molar-refractivity contribution >= 4 is 11.9 Å². The smallest absolute Gasteiger partial charge is 0.390 e. The Morgan fingerprint density at radius 1 is 1.43 bits per heavy atom. The van der Waals surface area contributed by atoms with E-state index in [0.29, 0.717) is 48.3 Å². The Morgan fingerprint density at radius 3 is 2.87 bits per heavy atom. The third kappa shape index (κ3) is 5.09. The molecule has 1 fully saturated rings. The molecular formula is C21H25F3N4O2. The number of rotatable bonds is 5. The fraction of sp³-hybridized carbons (Fsp3) is 0.429. The number of amidine groups is 1. The summed E-state index contributed by atoms with van der Waals surface area (Å²) >= 11 is 0. The molecule has 1 unspecified atom stereocenters. The van der Waals surface area contributed by atoms with E-state index in [2.05, 4.69) is 9.97 Å². The van der Waals surface area contributed by atoms with Crippen LogP contribution in [0.4, 0.5) is 13.2 Å². The summed E-state index contributed by atoms with van der Waals surface area (Å²) in [4.78, 5) is 9.25. The van der Waals surface area contributed by atoms with Gasteiger partial charge in [-0.1, -0.05) is 12.1 Å². The average Bonchev–Trinajstić information content (AvgIpc) is 3.08. The molecule has 0 aliphatic carbocycles. The van der Waals surface area contributed by atoms with Crippen molar-refractivity contribution in [3.63, 3.8) is 0 Å². The van der Waals surface area contributed by atoms with E-state index in [4.69, 9.17) is 10.1 Å². The summed E-state index contributed by atoms with van der Waals surface area (Å²) in [5.41, 5.74) is 0.917. The highest BCUT2D eigenvalue weighted by Gasteiger charge is 2.32. The number of aliphatic hydroxyl groups excluding tert-OH is 1. The molecule has 9 heteroatoms. The fourth-order valence-corrected chi connectivity index (χ4v) is 3.50. The Balaban J connectivity index is 1.78. The summed E-state index contributed by atoms with van der Waals surface area (Å²) in [6.07, 6.45) is -0.940. The van der Waals surface area contributed by atoms with Gasteiger partial charge in [-0.25, -0.2) is 4.98 Å². The number of aliphatic hydroxyl groups is 1. The van der Waals surface area contributed by atoms with Crippen LogP contribution in [-0.2, 0) is 23.9 Å². The standard InChI is InChI=1S/C21H25F3N4O2/c1-13-11-28(8-9-30-13)19(25)6-7-20-26-17(18(12-29)27-20)10-15-4-3-5-16(14(15)2)21(22,23)24/h3-7,13,25,29H,8-12H2,1-2H3,(H,26,27)/b7-6-,25-19?. The molecule has 1 aromatic carbocycles. The lowest BCUT2D eigenvalue weighted by Gasteiger charge is -2.31. The van der Waals surface area contributed by atoms with Gasteiger partial charge >= 0.3 is 6.18 Å². The van der Waals surface area contributed by atoms with E-state index in [9.17, 15) is 18.3 Å². The zero-order chi connectivity index (χ0) is 21.9. The molecule has 1 atom stereocenters. The summed E-state index contributed by atoms with van der Waals surface area (Å²) in [6, 6.07) is 4.08. The molecule has 3 N–H and O–H groups in total. The van der Waals surface area contributed by atoms with Gasteiger partial charge in [0.2, 0.25) is 0 Å². The number of hydrogen-bond acceptors (Lipinski definition) is 4. The lowest BCUT2D eigenvalue weighted by atomic mass is 9.98. The molecule has 162 valence electrons. The van der Waals surface area contributed by atoms with E-state index in [-0.39, 0.29) is 24.7 Å². The molecule has 6 nitrogen and oxygen atoms in total. The second-order valence-corrected chi connectivity index (χ2v) is 7.32. The Hall–Kier alpha value is -2.65. The van der Waals surface area contributed by atoms with E-state index in [1.807, 2.05) is 11.8 Å². The van der Waals surface area contributed by atoms with Crippen LogP contribution >= 0.6 is 0 Å². The second-order valence-electron chi connectivity index (χ2n) is 7.32. The van der Waals surface area contributed by atoms with Gasteiger partial charge in [-0.2, -0.15) is 13.2 Å². The molecule has 1 aliphatic heterocycles. The first kappa shape index (κ1) is 22.0. The van der Waals surface area contributed by atoms with Gasteiger partial charge in [-0.15, -0.1) is 0 Å². The van der Waals surface area contributed by atoms with Gasteiger partial charge in [0.15, 0.2) is 0 Å². The zero-order valence-corrected chi connectivity index (χ0v) is 16.9.